The Morgan fingerprint density at radius 2 is 1.89 bits per heavy atom. The maximum Gasteiger partial charge on any atom is 0.410 e. The summed E-state index contributed by atoms with van der Waals surface area (Å²) in [5.41, 5.74) is 1.20. The Morgan fingerprint density at radius 1 is 1.18 bits per heavy atom. The molecule has 1 N–H and O–H groups in total. The lowest BCUT2D eigenvalue weighted by atomic mass is 10.1. The van der Waals surface area contributed by atoms with Crippen LogP contribution in [0, 0.1) is 5.92 Å². The number of anilines is 1. The molecular formula is C21H28N4O3. The largest absolute Gasteiger partial charge is 0.475 e. The first-order valence-corrected chi connectivity index (χ1v) is 10.0. The normalized spacial score (nSPS) is 19.7. The van der Waals surface area contributed by atoms with Gasteiger partial charge in [0.2, 0.25) is 0 Å². The van der Waals surface area contributed by atoms with Crippen LogP contribution < -0.4 is 10.1 Å². The van der Waals surface area contributed by atoms with E-state index in [4.69, 9.17) is 14.5 Å². The molecule has 1 aliphatic heterocycles. The summed E-state index contributed by atoms with van der Waals surface area (Å²) in [7, 11) is 0. The highest BCUT2D eigenvalue weighted by Crippen LogP contribution is 2.30. The summed E-state index contributed by atoms with van der Waals surface area (Å²) < 4.78 is 11.5. The standard InChI is InChI=1S/C21H28N4O3/c1-21(2,3)28-20(26)25-11-10-14(12-25)13-27-19-18(22-15-8-9-15)23-16-6-4-5-7-17(16)24-19/h4-7,14-15H,8-13H2,1-3H3,(H,22,23)/t14-/m0/s1. The van der Waals surface area contributed by atoms with Crippen molar-refractivity contribution in [1.29, 1.82) is 0 Å². The van der Waals surface area contributed by atoms with Crippen LogP contribution in [0.3, 0.4) is 0 Å². The Labute approximate surface area is 165 Å². The fourth-order valence-electron chi connectivity index (χ4n) is 3.26. The van der Waals surface area contributed by atoms with Crippen molar-refractivity contribution in [3.8, 4) is 5.88 Å². The van der Waals surface area contributed by atoms with E-state index in [9.17, 15) is 4.79 Å². The van der Waals surface area contributed by atoms with Crippen LogP contribution in [-0.4, -0.2) is 52.3 Å². The summed E-state index contributed by atoms with van der Waals surface area (Å²) in [4.78, 5) is 23.4. The number of nitrogens with zero attached hydrogens (tertiary/aromatic N) is 3. The van der Waals surface area contributed by atoms with Gasteiger partial charge < -0.3 is 19.7 Å². The van der Waals surface area contributed by atoms with E-state index in [0.717, 1.165) is 30.3 Å². The van der Waals surface area contributed by atoms with Crippen molar-refractivity contribution in [3.05, 3.63) is 24.3 Å². The third-order valence-corrected chi connectivity index (χ3v) is 4.85. The van der Waals surface area contributed by atoms with Crippen molar-refractivity contribution in [2.24, 2.45) is 5.92 Å². The molecule has 2 fully saturated rings. The average molecular weight is 384 g/mol. The molecule has 7 nitrogen and oxygen atoms in total. The van der Waals surface area contributed by atoms with Crippen molar-refractivity contribution in [3.63, 3.8) is 0 Å². The van der Waals surface area contributed by atoms with Gasteiger partial charge in [0.05, 0.1) is 17.6 Å². The Hall–Kier alpha value is -2.57. The summed E-state index contributed by atoms with van der Waals surface area (Å²) in [5, 5.41) is 3.42. The number of carbonyl (C=O) groups excluding carboxylic acids is 1. The number of carbonyl (C=O) groups is 1. The fraction of sp³-hybridized carbons (Fsp3) is 0.571. The molecule has 7 heteroatoms. The van der Waals surface area contributed by atoms with E-state index < -0.39 is 5.60 Å². The van der Waals surface area contributed by atoms with Crippen LogP contribution >= 0.6 is 0 Å². The van der Waals surface area contributed by atoms with E-state index in [2.05, 4.69) is 10.3 Å². The van der Waals surface area contributed by atoms with Crippen LogP contribution in [0.5, 0.6) is 5.88 Å². The predicted molar refractivity (Wildman–Crippen MR) is 108 cm³/mol. The lowest BCUT2D eigenvalue weighted by Crippen LogP contribution is -2.35. The molecule has 1 saturated heterocycles. The first-order valence-electron chi connectivity index (χ1n) is 10.0. The second kappa shape index (κ2) is 7.45. The number of rotatable bonds is 5. The quantitative estimate of drug-likeness (QED) is 0.844. The zero-order valence-corrected chi connectivity index (χ0v) is 16.8. The zero-order chi connectivity index (χ0) is 19.7. The highest BCUT2D eigenvalue weighted by Gasteiger charge is 2.31. The topological polar surface area (TPSA) is 76.6 Å². The van der Waals surface area contributed by atoms with Crippen LogP contribution in [0.1, 0.15) is 40.0 Å². The molecule has 4 rings (SSSR count). The monoisotopic (exact) mass is 384 g/mol. The Balaban J connectivity index is 1.40. The molecule has 0 bridgehead atoms. The molecule has 150 valence electrons. The lowest BCUT2D eigenvalue weighted by molar-refractivity contribution is 0.0284. The summed E-state index contributed by atoms with van der Waals surface area (Å²) >= 11 is 0. The second-order valence-corrected chi connectivity index (χ2v) is 8.68. The number of nitrogens with one attached hydrogen (secondary N) is 1. The van der Waals surface area contributed by atoms with Gasteiger partial charge in [-0.2, -0.15) is 0 Å². The molecule has 2 aromatic rings. The molecule has 1 aromatic carbocycles. The molecule has 2 heterocycles. The van der Waals surface area contributed by atoms with Gasteiger partial charge in [-0.1, -0.05) is 12.1 Å². The minimum atomic E-state index is -0.476. The maximum atomic E-state index is 12.2. The van der Waals surface area contributed by atoms with Crippen molar-refractivity contribution < 1.29 is 14.3 Å². The molecule has 0 unspecified atom stereocenters. The number of likely N-dealkylation sites (tertiary alicyclic amines) is 1. The van der Waals surface area contributed by atoms with Gasteiger partial charge in [-0.15, -0.1) is 0 Å². The predicted octanol–water partition coefficient (Wildman–Crippen LogP) is 3.84. The van der Waals surface area contributed by atoms with Gasteiger partial charge in [-0.05, 0) is 52.2 Å². The zero-order valence-electron chi connectivity index (χ0n) is 16.8. The second-order valence-electron chi connectivity index (χ2n) is 8.68. The molecule has 0 radical (unpaired) electrons. The fourth-order valence-corrected chi connectivity index (χ4v) is 3.26. The molecule has 1 aliphatic carbocycles. The van der Waals surface area contributed by atoms with Gasteiger partial charge in [0.25, 0.3) is 5.88 Å². The van der Waals surface area contributed by atoms with Crippen LogP contribution in [0.2, 0.25) is 0 Å². The Bertz CT molecular complexity index is 860. The minimum Gasteiger partial charge on any atom is -0.475 e. The molecule has 1 amide bonds. The van der Waals surface area contributed by atoms with Crippen LogP contribution in [0.4, 0.5) is 10.6 Å². The number of aromatic nitrogens is 2. The van der Waals surface area contributed by atoms with Crippen molar-refractivity contribution in [2.45, 2.75) is 51.7 Å². The highest BCUT2D eigenvalue weighted by molar-refractivity contribution is 5.77. The molecule has 1 saturated carbocycles. The van der Waals surface area contributed by atoms with Gasteiger partial charge >= 0.3 is 6.09 Å². The van der Waals surface area contributed by atoms with Crippen LogP contribution in [0.15, 0.2) is 24.3 Å². The summed E-state index contributed by atoms with van der Waals surface area (Å²) in [5.74, 6) is 1.51. The number of hydrogen-bond donors (Lipinski definition) is 1. The van der Waals surface area contributed by atoms with Gasteiger partial charge in [0.15, 0.2) is 5.82 Å². The van der Waals surface area contributed by atoms with Gasteiger partial charge in [-0.3, -0.25) is 0 Å². The van der Waals surface area contributed by atoms with E-state index in [-0.39, 0.29) is 12.0 Å². The molecule has 0 spiro atoms. The van der Waals surface area contributed by atoms with Crippen molar-refractivity contribution in [2.75, 3.05) is 25.0 Å². The molecule has 2 aliphatic rings. The number of amides is 1. The maximum absolute atomic E-state index is 12.2. The van der Waals surface area contributed by atoms with Crippen LogP contribution in [-0.2, 0) is 4.74 Å². The highest BCUT2D eigenvalue weighted by atomic mass is 16.6. The van der Waals surface area contributed by atoms with Gasteiger partial charge in [-0.25, -0.2) is 14.8 Å². The Morgan fingerprint density at radius 3 is 2.57 bits per heavy atom. The van der Waals surface area contributed by atoms with Gasteiger partial charge in [0, 0.05) is 25.0 Å². The number of hydrogen-bond acceptors (Lipinski definition) is 6. The van der Waals surface area contributed by atoms with Crippen molar-refractivity contribution >= 4 is 22.9 Å². The SMILES string of the molecule is CC(C)(C)OC(=O)N1CC[C@H](COc2nc3ccccc3nc2NC2CC2)C1. The van der Waals surface area contributed by atoms with E-state index in [1.165, 1.54) is 0 Å². The number of para-hydroxylation sites is 2. The van der Waals surface area contributed by atoms with Crippen LogP contribution in [0.25, 0.3) is 11.0 Å². The summed E-state index contributed by atoms with van der Waals surface area (Å²) in [6, 6.07) is 8.27. The van der Waals surface area contributed by atoms with E-state index in [0.29, 0.717) is 37.4 Å². The lowest BCUT2D eigenvalue weighted by Gasteiger charge is -2.24. The minimum absolute atomic E-state index is 0.253. The number of fused-ring (bicyclic) bond motifs is 1. The number of benzene rings is 1. The van der Waals surface area contributed by atoms with Crippen molar-refractivity contribution in [1.82, 2.24) is 14.9 Å². The third kappa shape index (κ3) is 4.64. The van der Waals surface area contributed by atoms with E-state index in [1.807, 2.05) is 45.0 Å². The first kappa shape index (κ1) is 18.8. The first-order chi connectivity index (χ1) is 13.4. The summed E-state index contributed by atoms with van der Waals surface area (Å²) in [6.07, 6.45) is 2.95. The molecule has 1 atom stereocenters. The smallest absolute Gasteiger partial charge is 0.410 e. The number of ether oxygens (including phenoxy) is 2. The third-order valence-electron chi connectivity index (χ3n) is 4.85. The molecule has 1 aromatic heterocycles. The van der Waals surface area contributed by atoms with Gasteiger partial charge in [0.1, 0.15) is 5.60 Å². The average Bonchev–Trinajstić information content (AvgIpc) is 3.32. The van der Waals surface area contributed by atoms with E-state index in [1.54, 1.807) is 4.90 Å². The molecule has 28 heavy (non-hydrogen) atoms. The molecular weight excluding hydrogens is 356 g/mol. The summed E-state index contributed by atoms with van der Waals surface area (Å²) in [6.45, 7) is 7.49. The Kier molecular flexibility index (Phi) is 5.00. The van der Waals surface area contributed by atoms with E-state index >= 15 is 0 Å².